The van der Waals surface area contributed by atoms with Crippen LogP contribution in [0, 0.1) is 0 Å². The Bertz CT molecular complexity index is 425. The van der Waals surface area contributed by atoms with Gasteiger partial charge in [-0.25, -0.2) is 0 Å². The lowest BCUT2D eigenvalue weighted by Crippen LogP contribution is -2.13. The van der Waals surface area contributed by atoms with E-state index in [1.165, 1.54) is 51.4 Å². The zero-order valence-corrected chi connectivity index (χ0v) is 14.6. The summed E-state index contributed by atoms with van der Waals surface area (Å²) in [5.41, 5.74) is 0.973. The second-order valence-corrected chi connectivity index (χ2v) is 6.45. The molecular weight excluding hydrogens is 284 g/mol. The summed E-state index contributed by atoms with van der Waals surface area (Å²) in [5.74, 6) is -0.533. The molecule has 1 rings (SSSR count). The maximum Gasteiger partial charge on any atom is 0.202 e. The summed E-state index contributed by atoms with van der Waals surface area (Å²) >= 11 is 0. The van der Waals surface area contributed by atoms with E-state index in [4.69, 9.17) is 0 Å². The van der Waals surface area contributed by atoms with Crippen LogP contribution in [0.25, 0.3) is 0 Å². The molecular formula is C21H32O2. The number of aldehydes is 1. The summed E-state index contributed by atoms with van der Waals surface area (Å²) in [6, 6.07) is 9.69. The minimum Gasteiger partial charge on any atom is -0.295 e. The minimum atomic E-state index is -0.285. The lowest BCUT2D eigenvalue weighted by atomic mass is 9.89. The smallest absolute Gasteiger partial charge is 0.202 e. The molecule has 0 radical (unpaired) electrons. The summed E-state index contributed by atoms with van der Waals surface area (Å²) in [4.78, 5) is 22.7. The Balaban J connectivity index is 2.16. The zero-order chi connectivity index (χ0) is 16.8. The molecule has 0 aliphatic heterocycles. The molecule has 1 aromatic carbocycles. The molecule has 0 spiro atoms. The Morgan fingerprint density at radius 2 is 1.39 bits per heavy atom. The average Bonchev–Trinajstić information content (AvgIpc) is 2.60. The Morgan fingerprint density at radius 3 is 1.91 bits per heavy atom. The third-order valence-electron chi connectivity index (χ3n) is 4.51. The van der Waals surface area contributed by atoms with Crippen LogP contribution in [0.2, 0.25) is 0 Å². The number of benzene rings is 1. The molecule has 0 amide bonds. The molecule has 1 atom stereocenters. The molecule has 0 saturated carbocycles. The normalized spacial score (nSPS) is 12.0. The summed E-state index contributed by atoms with van der Waals surface area (Å²) < 4.78 is 0. The highest BCUT2D eigenvalue weighted by Crippen LogP contribution is 2.23. The van der Waals surface area contributed by atoms with Crippen molar-refractivity contribution in [1.29, 1.82) is 0 Å². The van der Waals surface area contributed by atoms with Crippen LogP contribution in [-0.2, 0) is 9.59 Å². The van der Waals surface area contributed by atoms with Gasteiger partial charge in [-0.2, -0.15) is 0 Å². The Morgan fingerprint density at radius 1 is 0.870 bits per heavy atom. The van der Waals surface area contributed by atoms with E-state index in [9.17, 15) is 9.59 Å². The second-order valence-electron chi connectivity index (χ2n) is 6.45. The van der Waals surface area contributed by atoms with Crippen molar-refractivity contribution in [3.05, 3.63) is 35.9 Å². The van der Waals surface area contributed by atoms with Crippen molar-refractivity contribution < 1.29 is 9.59 Å². The molecule has 1 unspecified atom stereocenters. The molecule has 0 bridgehead atoms. The van der Waals surface area contributed by atoms with E-state index in [0.717, 1.165) is 24.8 Å². The number of unbranched alkanes of at least 4 members (excludes halogenated alkanes) is 9. The predicted molar refractivity (Wildman–Crippen MR) is 96.7 cm³/mol. The van der Waals surface area contributed by atoms with Gasteiger partial charge in [0.25, 0.3) is 0 Å². The minimum absolute atomic E-state index is 0.247. The third kappa shape index (κ3) is 8.68. The number of ketones is 1. The summed E-state index contributed by atoms with van der Waals surface area (Å²) in [6.45, 7) is 2.25. The fraction of sp³-hybridized carbons (Fsp3) is 0.619. The van der Waals surface area contributed by atoms with Gasteiger partial charge in [0.05, 0.1) is 5.92 Å². The summed E-state index contributed by atoms with van der Waals surface area (Å²) in [7, 11) is 0. The highest BCUT2D eigenvalue weighted by atomic mass is 16.2. The lowest BCUT2D eigenvalue weighted by molar-refractivity contribution is -0.131. The molecule has 0 aliphatic carbocycles. The number of Topliss-reactive ketones (excluding diaryl/α,β-unsaturated/α-hetero) is 1. The molecule has 0 N–H and O–H groups in total. The van der Waals surface area contributed by atoms with E-state index in [-0.39, 0.29) is 11.7 Å². The molecule has 2 nitrogen and oxygen atoms in total. The SMILES string of the molecule is CCCCCCCCCCCCC(C(=O)C=O)c1ccccc1. The van der Waals surface area contributed by atoms with Crippen molar-refractivity contribution >= 4 is 12.1 Å². The molecule has 1 aromatic rings. The van der Waals surface area contributed by atoms with Gasteiger partial charge in [-0.1, -0.05) is 101 Å². The van der Waals surface area contributed by atoms with Crippen LogP contribution in [0.1, 0.15) is 89.0 Å². The van der Waals surface area contributed by atoms with E-state index in [1.807, 2.05) is 30.3 Å². The van der Waals surface area contributed by atoms with Gasteiger partial charge in [0.1, 0.15) is 0 Å². The molecule has 0 heterocycles. The number of carbonyl (C=O) groups is 2. The van der Waals surface area contributed by atoms with Crippen molar-refractivity contribution in [2.75, 3.05) is 0 Å². The lowest BCUT2D eigenvalue weighted by Gasteiger charge is -2.13. The van der Waals surface area contributed by atoms with Crippen LogP contribution in [-0.4, -0.2) is 12.1 Å². The topological polar surface area (TPSA) is 34.1 Å². The Labute approximate surface area is 141 Å². The van der Waals surface area contributed by atoms with Gasteiger partial charge in [0.15, 0.2) is 6.29 Å². The fourth-order valence-corrected chi connectivity index (χ4v) is 3.08. The number of hydrogen-bond donors (Lipinski definition) is 0. The van der Waals surface area contributed by atoms with Crippen LogP contribution in [0.15, 0.2) is 30.3 Å². The van der Waals surface area contributed by atoms with Gasteiger partial charge in [0, 0.05) is 0 Å². The summed E-state index contributed by atoms with van der Waals surface area (Å²) in [5, 5.41) is 0. The number of hydrogen-bond acceptors (Lipinski definition) is 2. The fourth-order valence-electron chi connectivity index (χ4n) is 3.08. The van der Waals surface area contributed by atoms with Gasteiger partial charge in [-0.15, -0.1) is 0 Å². The number of carbonyl (C=O) groups excluding carboxylic acids is 2. The quantitative estimate of drug-likeness (QED) is 0.245. The van der Waals surface area contributed by atoms with Crippen LogP contribution >= 0.6 is 0 Å². The first-order valence-corrected chi connectivity index (χ1v) is 9.33. The van der Waals surface area contributed by atoms with Crippen molar-refractivity contribution in [3.8, 4) is 0 Å². The van der Waals surface area contributed by atoms with Crippen LogP contribution < -0.4 is 0 Å². The van der Waals surface area contributed by atoms with Gasteiger partial charge in [-0.05, 0) is 12.0 Å². The predicted octanol–water partition coefficient (Wildman–Crippen LogP) is 5.85. The van der Waals surface area contributed by atoms with E-state index < -0.39 is 0 Å². The summed E-state index contributed by atoms with van der Waals surface area (Å²) in [6.07, 6.45) is 14.1. The standard InChI is InChI=1S/C21H32O2/c1-2-3-4-5-6-7-8-9-10-14-17-20(21(23)18-22)19-15-12-11-13-16-19/h11-13,15-16,18,20H,2-10,14,17H2,1H3. The first-order chi connectivity index (χ1) is 11.3. The maximum absolute atomic E-state index is 11.8. The largest absolute Gasteiger partial charge is 0.295 e. The zero-order valence-electron chi connectivity index (χ0n) is 14.6. The molecule has 2 heteroatoms. The molecule has 0 fully saturated rings. The highest BCUT2D eigenvalue weighted by molar-refractivity contribution is 6.27. The van der Waals surface area contributed by atoms with Crippen molar-refractivity contribution in [2.45, 2.75) is 83.5 Å². The monoisotopic (exact) mass is 316 g/mol. The maximum atomic E-state index is 11.8. The van der Waals surface area contributed by atoms with Gasteiger partial charge in [0.2, 0.25) is 5.78 Å². The van der Waals surface area contributed by atoms with E-state index in [2.05, 4.69) is 6.92 Å². The van der Waals surface area contributed by atoms with E-state index in [1.54, 1.807) is 0 Å². The molecule has 23 heavy (non-hydrogen) atoms. The number of rotatable bonds is 14. The van der Waals surface area contributed by atoms with Crippen molar-refractivity contribution in [1.82, 2.24) is 0 Å². The van der Waals surface area contributed by atoms with Gasteiger partial charge >= 0.3 is 0 Å². The van der Waals surface area contributed by atoms with Gasteiger partial charge < -0.3 is 0 Å². The first kappa shape index (κ1) is 19.6. The highest BCUT2D eigenvalue weighted by Gasteiger charge is 2.18. The van der Waals surface area contributed by atoms with Gasteiger partial charge in [-0.3, -0.25) is 9.59 Å². The molecule has 0 aliphatic rings. The molecule has 0 aromatic heterocycles. The molecule has 128 valence electrons. The van der Waals surface area contributed by atoms with E-state index >= 15 is 0 Å². The average molecular weight is 316 g/mol. The molecule has 0 saturated heterocycles. The Hall–Kier alpha value is -1.44. The Kier molecular flexibility index (Phi) is 11.1. The van der Waals surface area contributed by atoms with Crippen LogP contribution in [0.5, 0.6) is 0 Å². The first-order valence-electron chi connectivity index (χ1n) is 9.33. The van der Waals surface area contributed by atoms with Crippen molar-refractivity contribution in [3.63, 3.8) is 0 Å². The van der Waals surface area contributed by atoms with Crippen LogP contribution in [0.3, 0.4) is 0 Å². The van der Waals surface area contributed by atoms with Crippen molar-refractivity contribution in [2.24, 2.45) is 0 Å². The third-order valence-corrected chi connectivity index (χ3v) is 4.51. The van der Waals surface area contributed by atoms with E-state index in [0.29, 0.717) is 6.29 Å². The second kappa shape index (κ2) is 13.0. The van der Waals surface area contributed by atoms with Crippen LogP contribution in [0.4, 0.5) is 0 Å².